The zero-order valence-corrected chi connectivity index (χ0v) is 64.7. The molecule has 1 saturated heterocycles. The minimum atomic E-state index is -3.42. The fourth-order valence-electron chi connectivity index (χ4n) is 16.4. The number of nitrogens with zero attached hydrogens (tertiary/aromatic N) is 9. The van der Waals surface area contributed by atoms with E-state index in [9.17, 15) is 17.2 Å². The smallest absolute Gasteiger partial charge is 0.264 e. The summed E-state index contributed by atoms with van der Waals surface area (Å²) < 4.78 is 61.7. The van der Waals surface area contributed by atoms with Crippen molar-refractivity contribution in [2.75, 3.05) is 95.4 Å². The first-order valence-electron chi connectivity index (χ1n) is 39.3. The number of ether oxygens (including phenoxy) is 1. The van der Waals surface area contributed by atoms with Crippen LogP contribution in [0.5, 0.6) is 0 Å². The lowest BCUT2D eigenvalue weighted by Gasteiger charge is -2.34. The molecule has 572 valence electrons. The number of nitrogens with one attached hydrogen (secondary N) is 3. The maximum absolute atomic E-state index is 14.7. The molecule has 9 aromatic carbocycles. The van der Waals surface area contributed by atoms with Crippen molar-refractivity contribution in [1.29, 1.82) is 0 Å². The van der Waals surface area contributed by atoms with Gasteiger partial charge in [0.1, 0.15) is 11.6 Å². The van der Waals surface area contributed by atoms with Gasteiger partial charge in [0.15, 0.2) is 0 Å². The number of halogens is 2. The summed E-state index contributed by atoms with van der Waals surface area (Å²) in [7, 11) is 0.619. The number of fused-ring (bicyclic) bond motifs is 9. The maximum atomic E-state index is 14.7. The van der Waals surface area contributed by atoms with Gasteiger partial charge in [-0.1, -0.05) is 195 Å². The lowest BCUT2D eigenvalue weighted by atomic mass is 9.78. The summed E-state index contributed by atoms with van der Waals surface area (Å²) in [5.41, 5.74) is 21.9. The SMILES string of the molecule is CN(CCc1ccc(Nc2ncc3c(n2)-c2ccccc2C(c2ccccc2F)C3)cc1)C1CCCCC1.COCCN1CCN(CCc2ccc(Nc3ncc4c(n3)-c3ccccc3C(c3ccccc3F)C4)cc2)CC1.CS(=O)(=O)OCCc1ccc(Nc2ncc3c(n2)-c2ccccc2C(c2ccccc2)C3)cc1. The second-order valence-corrected chi connectivity index (χ2v) is 31.5. The summed E-state index contributed by atoms with van der Waals surface area (Å²) in [6.45, 7) is 8.58. The van der Waals surface area contributed by atoms with Crippen molar-refractivity contribution in [3.05, 3.63) is 321 Å². The highest BCUT2D eigenvalue weighted by Crippen LogP contribution is 2.46. The van der Waals surface area contributed by atoms with Crippen LogP contribution < -0.4 is 16.0 Å². The highest BCUT2D eigenvalue weighted by atomic mass is 32.2. The number of aromatic nitrogens is 6. The summed E-state index contributed by atoms with van der Waals surface area (Å²) >= 11 is 0. The molecule has 0 spiro atoms. The molecule has 3 atom stereocenters. The van der Waals surface area contributed by atoms with Gasteiger partial charge in [0.05, 0.1) is 36.6 Å². The Morgan fingerprint density at radius 3 is 1.26 bits per heavy atom. The molecule has 1 aliphatic heterocycles. The summed E-state index contributed by atoms with van der Waals surface area (Å²) in [4.78, 5) is 36.1. The third-order valence-electron chi connectivity index (χ3n) is 22.5. The third-order valence-corrected chi connectivity index (χ3v) is 23.1. The van der Waals surface area contributed by atoms with Crippen LogP contribution in [0.1, 0.15) is 117 Å². The van der Waals surface area contributed by atoms with Crippen molar-refractivity contribution in [2.45, 2.75) is 94.4 Å². The number of piperazine rings is 1. The molecule has 0 amide bonds. The molecule has 112 heavy (non-hydrogen) atoms. The largest absolute Gasteiger partial charge is 0.383 e. The van der Waals surface area contributed by atoms with Crippen LogP contribution in [0.2, 0.25) is 0 Å². The molecule has 3 unspecified atom stereocenters. The molecule has 0 radical (unpaired) electrons. The van der Waals surface area contributed by atoms with Gasteiger partial charge in [0.2, 0.25) is 17.8 Å². The Morgan fingerprint density at radius 1 is 0.438 bits per heavy atom. The number of likely N-dealkylation sites (N-methyl/N-ethyl adjacent to an activating group) is 1. The fourth-order valence-corrected chi connectivity index (χ4v) is 16.7. The van der Waals surface area contributed by atoms with E-state index in [4.69, 9.17) is 23.9 Å². The van der Waals surface area contributed by atoms with E-state index in [1.807, 2.05) is 97.5 Å². The minimum absolute atomic E-state index is 0.0491. The third kappa shape index (κ3) is 19.0. The Morgan fingerprint density at radius 2 is 0.821 bits per heavy atom. The zero-order chi connectivity index (χ0) is 76.8. The van der Waals surface area contributed by atoms with Crippen molar-refractivity contribution in [3.8, 4) is 33.8 Å². The average Bonchev–Trinajstić information content (AvgIpc) is 0.772. The van der Waals surface area contributed by atoms with Crippen molar-refractivity contribution in [3.63, 3.8) is 0 Å². The fraction of sp³-hybridized carbons (Fsp3) is 0.290. The minimum Gasteiger partial charge on any atom is -0.383 e. The summed E-state index contributed by atoms with van der Waals surface area (Å²) in [6, 6.07) is 75.2. The van der Waals surface area contributed by atoms with Crippen LogP contribution in [0.4, 0.5) is 43.7 Å². The number of rotatable bonds is 23. The zero-order valence-electron chi connectivity index (χ0n) is 63.9. The molecule has 5 aliphatic rings. The first kappa shape index (κ1) is 76.6. The normalized spacial score (nSPS) is 16.5. The quantitative estimate of drug-likeness (QED) is 0.0515. The Labute approximate surface area is 657 Å². The van der Waals surface area contributed by atoms with Gasteiger partial charge in [-0.05, 0) is 174 Å². The van der Waals surface area contributed by atoms with Gasteiger partial charge in [0.25, 0.3) is 10.1 Å². The Hall–Kier alpha value is -10.8. The van der Waals surface area contributed by atoms with Gasteiger partial charge in [-0.3, -0.25) is 9.08 Å². The molecular formula is C93H96F2N12O4S. The van der Waals surface area contributed by atoms with Crippen molar-refractivity contribution < 1.29 is 26.1 Å². The van der Waals surface area contributed by atoms with Crippen molar-refractivity contribution >= 4 is 45.0 Å². The molecule has 12 aromatic rings. The topological polar surface area (TPSA) is 176 Å². The van der Waals surface area contributed by atoms with E-state index in [1.54, 1.807) is 19.2 Å². The van der Waals surface area contributed by atoms with Crippen LogP contribution in [0.3, 0.4) is 0 Å². The Balaban J connectivity index is 0.000000133. The molecule has 3 N–H and O–H groups in total. The van der Waals surface area contributed by atoms with E-state index in [2.05, 4.69) is 174 Å². The van der Waals surface area contributed by atoms with E-state index in [1.165, 1.54) is 66.5 Å². The monoisotopic (exact) mass is 1510 g/mol. The van der Waals surface area contributed by atoms with Crippen molar-refractivity contribution in [1.82, 2.24) is 44.6 Å². The van der Waals surface area contributed by atoms with Crippen LogP contribution in [0.25, 0.3) is 33.8 Å². The highest BCUT2D eigenvalue weighted by Gasteiger charge is 2.32. The van der Waals surface area contributed by atoms with E-state index in [0.29, 0.717) is 42.7 Å². The number of hydrogen-bond acceptors (Lipinski definition) is 16. The van der Waals surface area contributed by atoms with Crippen LogP contribution in [0.15, 0.2) is 243 Å². The van der Waals surface area contributed by atoms with Crippen molar-refractivity contribution in [2.24, 2.45) is 0 Å². The van der Waals surface area contributed by atoms with Gasteiger partial charge in [0, 0.05) is 129 Å². The molecule has 4 heterocycles. The maximum Gasteiger partial charge on any atom is 0.264 e. The molecular weight excluding hydrogens is 1420 g/mol. The Kier molecular flexibility index (Phi) is 24.7. The second kappa shape index (κ2) is 36.1. The number of hydrogen-bond donors (Lipinski definition) is 3. The van der Waals surface area contributed by atoms with Gasteiger partial charge in [-0.15, -0.1) is 0 Å². The van der Waals surface area contributed by atoms with Gasteiger partial charge < -0.3 is 30.5 Å². The van der Waals surface area contributed by atoms with E-state index >= 15 is 0 Å². The van der Waals surface area contributed by atoms with Gasteiger partial charge >= 0.3 is 0 Å². The summed E-state index contributed by atoms with van der Waals surface area (Å²) in [5.74, 6) is 1.52. The number of anilines is 6. The molecule has 17 rings (SSSR count). The van der Waals surface area contributed by atoms with Gasteiger partial charge in [-0.25, -0.2) is 38.7 Å². The van der Waals surface area contributed by atoms with Crippen LogP contribution in [0, 0.1) is 11.6 Å². The lowest BCUT2D eigenvalue weighted by molar-refractivity contribution is 0.0976. The molecule has 2 fully saturated rings. The summed E-state index contributed by atoms with van der Waals surface area (Å²) in [5, 5.41) is 10.1. The predicted octanol–water partition coefficient (Wildman–Crippen LogP) is 18.1. The molecule has 3 aromatic heterocycles. The molecule has 0 bridgehead atoms. The van der Waals surface area contributed by atoms with Crippen LogP contribution in [-0.2, 0) is 57.6 Å². The van der Waals surface area contributed by atoms with Crippen LogP contribution in [-0.4, -0.2) is 139 Å². The molecule has 19 heteroatoms. The first-order chi connectivity index (χ1) is 54.8. The Bertz CT molecular complexity index is 5280. The molecule has 4 aliphatic carbocycles. The first-order valence-corrected chi connectivity index (χ1v) is 41.1. The lowest BCUT2D eigenvalue weighted by Crippen LogP contribution is -2.47. The predicted molar refractivity (Wildman–Crippen MR) is 444 cm³/mol. The second-order valence-electron chi connectivity index (χ2n) is 29.9. The number of methoxy groups -OCH3 is 1. The van der Waals surface area contributed by atoms with E-state index in [-0.39, 0.29) is 36.0 Å². The molecule has 1 saturated carbocycles. The van der Waals surface area contributed by atoms with Crippen LogP contribution >= 0.6 is 0 Å². The van der Waals surface area contributed by atoms with Gasteiger partial charge in [-0.2, -0.15) is 8.42 Å². The molecule has 16 nitrogen and oxygen atoms in total. The summed E-state index contributed by atoms with van der Waals surface area (Å²) in [6.07, 6.45) is 18.4. The standard InChI is InChI=1S/C33H36FN5O.C33H35FN4.C27H25N3O3S/c1-40-21-20-39-18-16-38(17-19-39)15-14-24-10-12-26(13-11-24)36-33-35-23-25-22-30(28-7-4-5-9-31(28)34)27-6-2-3-8-29(27)32(25)37-33;1-38(26-9-3-2-4-10-26)20-19-23-15-17-25(18-16-23)36-33-35-22-24-21-30(28-12-7-8-14-31(28)34)27-11-5-6-13-29(27)32(24)37-33;1-34(31,32)33-16-15-19-11-13-22(14-12-19)29-27-28-18-21-17-25(20-7-3-2-4-8-20)23-9-5-6-10-24(23)26(21)30-27/h2-13,23,30H,14-22H2,1H3,(H,35,36,37);5-8,11-18,22,26,30H,2-4,9-10,19-21H2,1H3,(H,35,36,37);2-14,18,25H,15-17H2,1H3,(H,28,29,30). The average molecular weight is 1520 g/mol. The van der Waals surface area contributed by atoms with E-state index in [0.717, 1.165) is 174 Å². The highest BCUT2D eigenvalue weighted by molar-refractivity contribution is 7.86. The number of benzene rings is 9. The van der Waals surface area contributed by atoms with E-state index < -0.39 is 10.1 Å².